The Labute approximate surface area is 202 Å². The molecule has 1 amide bonds. The summed E-state index contributed by atoms with van der Waals surface area (Å²) in [5.41, 5.74) is 1.23. The zero-order valence-electron chi connectivity index (χ0n) is 18.2. The number of non-ortho nitro benzene ring substituents is 1. The number of rotatable bonds is 6. The maximum Gasteiger partial charge on any atom is 0.340 e. The quantitative estimate of drug-likeness (QED) is 0.242. The highest BCUT2D eigenvalue weighted by molar-refractivity contribution is 6.34. The first kappa shape index (κ1) is 23.6. The van der Waals surface area contributed by atoms with E-state index >= 15 is 0 Å². The molecule has 0 atom stereocenters. The normalized spacial score (nSPS) is 10.7. The molecule has 0 bridgehead atoms. The predicted octanol–water partition coefficient (Wildman–Crippen LogP) is 4.17. The molecular formula is C24H17ClN4O6. The van der Waals surface area contributed by atoms with Crippen LogP contribution in [0, 0.1) is 17.0 Å². The zero-order valence-corrected chi connectivity index (χ0v) is 19.0. The summed E-state index contributed by atoms with van der Waals surface area (Å²) in [5.74, 6) is -1.41. The van der Waals surface area contributed by atoms with Gasteiger partial charge in [-0.1, -0.05) is 29.8 Å². The Morgan fingerprint density at radius 1 is 1.11 bits per heavy atom. The number of hydrogen-bond acceptors (Lipinski definition) is 7. The maximum absolute atomic E-state index is 12.8. The summed E-state index contributed by atoms with van der Waals surface area (Å²) in [6.07, 6.45) is 1.66. The smallest absolute Gasteiger partial charge is 0.340 e. The van der Waals surface area contributed by atoms with Gasteiger partial charge in [0.05, 0.1) is 32.5 Å². The lowest BCUT2D eigenvalue weighted by Gasteiger charge is -2.12. The molecule has 2 aromatic heterocycles. The monoisotopic (exact) mass is 492 g/mol. The molecule has 0 aliphatic rings. The summed E-state index contributed by atoms with van der Waals surface area (Å²) < 4.78 is 6.73. The first-order chi connectivity index (χ1) is 16.7. The van der Waals surface area contributed by atoms with Gasteiger partial charge < -0.3 is 10.1 Å². The summed E-state index contributed by atoms with van der Waals surface area (Å²) in [4.78, 5) is 52.4. The van der Waals surface area contributed by atoms with Gasteiger partial charge >= 0.3 is 5.97 Å². The molecule has 0 saturated heterocycles. The highest BCUT2D eigenvalue weighted by atomic mass is 35.5. The van der Waals surface area contributed by atoms with Gasteiger partial charge in [-0.05, 0) is 36.8 Å². The molecule has 0 aliphatic carbocycles. The minimum Gasteiger partial charge on any atom is -0.456 e. The number of anilines is 1. The molecule has 0 saturated carbocycles. The minimum absolute atomic E-state index is 0.00323. The van der Waals surface area contributed by atoms with E-state index in [9.17, 15) is 24.5 Å². The zero-order chi connectivity index (χ0) is 25.1. The molecule has 1 N–H and O–H groups in total. The standard InChI is InChI=1S/C24H17ClN4O6/c1-14-6-9-21-26-15(10-22(30)28(21)12-14)13-35-24(32)18-4-2-3-5-20(18)27-23(31)17-8-7-16(29(33)34)11-19(17)25/h2-12H,13H2,1H3,(H,27,31). The fraction of sp³-hybridized carbons (Fsp3) is 0.0833. The van der Waals surface area contributed by atoms with Crippen molar-refractivity contribution in [3.63, 3.8) is 0 Å². The van der Waals surface area contributed by atoms with Gasteiger partial charge in [-0.15, -0.1) is 0 Å². The molecule has 10 nitrogen and oxygen atoms in total. The molecule has 4 rings (SSSR count). The van der Waals surface area contributed by atoms with Crippen molar-refractivity contribution in [2.45, 2.75) is 13.5 Å². The Balaban J connectivity index is 1.51. The highest BCUT2D eigenvalue weighted by Crippen LogP contribution is 2.24. The Bertz CT molecular complexity index is 1550. The van der Waals surface area contributed by atoms with Gasteiger partial charge in [0.1, 0.15) is 12.3 Å². The molecule has 0 fully saturated rings. The minimum atomic E-state index is -0.749. The third-order valence-electron chi connectivity index (χ3n) is 5.01. The van der Waals surface area contributed by atoms with Gasteiger partial charge in [-0.2, -0.15) is 0 Å². The second-order valence-electron chi connectivity index (χ2n) is 7.52. The van der Waals surface area contributed by atoms with Crippen molar-refractivity contribution in [1.82, 2.24) is 9.38 Å². The first-order valence-electron chi connectivity index (χ1n) is 10.2. The number of nitro benzene ring substituents is 1. The van der Waals surface area contributed by atoms with Gasteiger partial charge in [0, 0.05) is 24.4 Å². The SMILES string of the molecule is Cc1ccc2nc(COC(=O)c3ccccc3NC(=O)c3ccc([N+](=O)[O-])cc3Cl)cc(=O)n2c1. The van der Waals surface area contributed by atoms with E-state index in [1.165, 1.54) is 28.7 Å². The van der Waals surface area contributed by atoms with Gasteiger partial charge in [0.2, 0.25) is 0 Å². The number of nitro groups is 1. The number of halogens is 1. The summed E-state index contributed by atoms with van der Waals surface area (Å²) in [7, 11) is 0. The fourth-order valence-corrected chi connectivity index (χ4v) is 3.57. The Kier molecular flexibility index (Phi) is 6.56. The number of ether oxygens (including phenoxy) is 1. The third-order valence-corrected chi connectivity index (χ3v) is 5.33. The van der Waals surface area contributed by atoms with Gasteiger partial charge in [-0.25, -0.2) is 9.78 Å². The van der Waals surface area contributed by atoms with E-state index in [-0.39, 0.29) is 45.4 Å². The lowest BCUT2D eigenvalue weighted by Crippen LogP contribution is -2.18. The van der Waals surface area contributed by atoms with Crippen LogP contribution in [0.2, 0.25) is 5.02 Å². The predicted molar refractivity (Wildman–Crippen MR) is 128 cm³/mol. The number of nitrogens with zero attached hydrogens (tertiary/aromatic N) is 3. The molecule has 11 heteroatoms. The van der Waals surface area contributed by atoms with Crippen LogP contribution in [0.3, 0.4) is 0 Å². The van der Waals surface area contributed by atoms with Crippen LogP contribution in [0.15, 0.2) is 71.7 Å². The van der Waals surface area contributed by atoms with Crippen molar-refractivity contribution < 1.29 is 19.2 Å². The van der Waals surface area contributed by atoms with E-state index in [4.69, 9.17) is 16.3 Å². The van der Waals surface area contributed by atoms with Crippen molar-refractivity contribution in [2.75, 3.05) is 5.32 Å². The fourth-order valence-electron chi connectivity index (χ4n) is 3.31. The number of carbonyl (C=O) groups is 2. The molecule has 176 valence electrons. The average molecular weight is 493 g/mol. The van der Waals surface area contributed by atoms with E-state index in [2.05, 4.69) is 10.3 Å². The van der Waals surface area contributed by atoms with E-state index in [0.29, 0.717) is 5.65 Å². The topological polar surface area (TPSA) is 133 Å². The second-order valence-corrected chi connectivity index (χ2v) is 7.92. The van der Waals surface area contributed by atoms with Crippen LogP contribution in [-0.2, 0) is 11.3 Å². The number of hydrogen-bond donors (Lipinski definition) is 1. The number of esters is 1. The van der Waals surface area contributed by atoms with E-state index in [1.54, 1.807) is 24.4 Å². The van der Waals surface area contributed by atoms with E-state index in [0.717, 1.165) is 17.7 Å². The van der Waals surface area contributed by atoms with Crippen molar-refractivity contribution in [2.24, 2.45) is 0 Å². The summed E-state index contributed by atoms with van der Waals surface area (Å²) in [6.45, 7) is 1.60. The number of aryl methyl sites for hydroxylation is 1. The molecule has 4 aromatic rings. The Hall–Kier alpha value is -4.57. The van der Waals surface area contributed by atoms with Crippen LogP contribution in [0.1, 0.15) is 32.0 Å². The molecule has 0 spiro atoms. The van der Waals surface area contributed by atoms with Crippen molar-refractivity contribution in [1.29, 1.82) is 0 Å². The number of benzene rings is 2. The molecule has 2 heterocycles. The van der Waals surface area contributed by atoms with Crippen LogP contribution in [0.5, 0.6) is 0 Å². The number of amides is 1. The van der Waals surface area contributed by atoms with Crippen LogP contribution < -0.4 is 10.9 Å². The summed E-state index contributed by atoms with van der Waals surface area (Å²) in [6, 6.07) is 14.4. The molecule has 0 radical (unpaired) electrons. The van der Waals surface area contributed by atoms with E-state index < -0.39 is 16.8 Å². The largest absolute Gasteiger partial charge is 0.456 e. The average Bonchev–Trinajstić information content (AvgIpc) is 2.83. The first-order valence-corrected chi connectivity index (χ1v) is 10.6. The van der Waals surface area contributed by atoms with Crippen molar-refractivity contribution in [3.05, 3.63) is 115 Å². The number of nitrogens with one attached hydrogen (secondary N) is 1. The number of fused-ring (bicyclic) bond motifs is 1. The third kappa shape index (κ3) is 5.17. The van der Waals surface area contributed by atoms with E-state index in [1.807, 2.05) is 13.0 Å². The van der Waals surface area contributed by atoms with Crippen LogP contribution >= 0.6 is 11.6 Å². The Morgan fingerprint density at radius 3 is 2.63 bits per heavy atom. The Morgan fingerprint density at radius 2 is 1.89 bits per heavy atom. The number of carbonyl (C=O) groups excluding carboxylic acids is 2. The van der Waals surface area contributed by atoms with Crippen LogP contribution in [-0.4, -0.2) is 26.2 Å². The van der Waals surface area contributed by atoms with Crippen molar-refractivity contribution in [3.8, 4) is 0 Å². The number of aromatic nitrogens is 2. The van der Waals surface area contributed by atoms with Crippen LogP contribution in [0.4, 0.5) is 11.4 Å². The molecule has 35 heavy (non-hydrogen) atoms. The lowest BCUT2D eigenvalue weighted by molar-refractivity contribution is -0.384. The molecule has 0 aliphatic heterocycles. The lowest BCUT2D eigenvalue weighted by atomic mass is 10.1. The van der Waals surface area contributed by atoms with Gasteiger partial charge in [0.25, 0.3) is 17.2 Å². The summed E-state index contributed by atoms with van der Waals surface area (Å²) in [5, 5.41) is 13.3. The molecule has 2 aromatic carbocycles. The maximum atomic E-state index is 12.8. The molecule has 0 unspecified atom stereocenters. The second kappa shape index (κ2) is 9.74. The van der Waals surface area contributed by atoms with Gasteiger partial charge in [0.15, 0.2) is 0 Å². The summed E-state index contributed by atoms with van der Waals surface area (Å²) >= 11 is 6.03. The molecular weight excluding hydrogens is 476 g/mol. The van der Waals surface area contributed by atoms with Crippen LogP contribution in [0.25, 0.3) is 5.65 Å². The highest BCUT2D eigenvalue weighted by Gasteiger charge is 2.19. The number of pyridine rings is 1. The van der Waals surface area contributed by atoms with Gasteiger partial charge in [-0.3, -0.25) is 24.1 Å². The van der Waals surface area contributed by atoms with Crippen molar-refractivity contribution >= 4 is 40.5 Å². The number of para-hydroxylation sites is 1.